The average molecular weight is 554 g/mol. The van der Waals surface area contributed by atoms with Crippen LogP contribution < -0.4 is 5.32 Å². The minimum Gasteiger partial charge on any atom is -0.355 e. The fourth-order valence-corrected chi connectivity index (χ4v) is 6.85. The number of benzene rings is 3. The largest absolute Gasteiger partial charge is 0.355 e. The molecule has 6 heteroatoms. The van der Waals surface area contributed by atoms with Crippen LogP contribution in [0.5, 0.6) is 0 Å². The molecule has 4 aromatic rings. The first-order valence-corrected chi connectivity index (χ1v) is 15.3. The van der Waals surface area contributed by atoms with Crippen LogP contribution >= 0.6 is 11.6 Å². The van der Waals surface area contributed by atoms with E-state index >= 15 is 0 Å². The SMILES string of the molecule is CCC(CC)N1CCC(N2CCc3c(cccc3Nc3ccc(Cl)c(-c4ncc(-c5ccccc5)[nH]4)c3)C2)CC1. The molecule has 6 rings (SSSR count). The van der Waals surface area contributed by atoms with Crippen molar-refractivity contribution in [2.75, 3.05) is 25.0 Å². The lowest BCUT2D eigenvalue weighted by Gasteiger charge is -2.43. The van der Waals surface area contributed by atoms with E-state index in [1.165, 1.54) is 55.6 Å². The monoisotopic (exact) mass is 553 g/mol. The standard InChI is InChI=1S/C34H40ClN5/c1-3-27(4-2)39-18-15-28(16-19-39)40-20-17-29-25(23-40)11-8-12-32(29)37-26-13-14-31(35)30(21-26)34-36-22-33(38-34)24-9-6-5-7-10-24/h5-14,21-22,27-28,37H,3-4,15-20,23H2,1-2H3,(H,36,38). The van der Waals surface area contributed by atoms with Gasteiger partial charge in [-0.2, -0.15) is 0 Å². The van der Waals surface area contributed by atoms with Crippen molar-refractivity contribution >= 4 is 23.0 Å². The van der Waals surface area contributed by atoms with E-state index in [-0.39, 0.29) is 0 Å². The summed E-state index contributed by atoms with van der Waals surface area (Å²) in [5.41, 5.74) is 8.08. The van der Waals surface area contributed by atoms with Gasteiger partial charge >= 0.3 is 0 Å². The van der Waals surface area contributed by atoms with E-state index in [1.54, 1.807) is 0 Å². The number of fused-ring (bicyclic) bond motifs is 1. The maximum atomic E-state index is 6.64. The summed E-state index contributed by atoms with van der Waals surface area (Å²) >= 11 is 6.64. The number of hydrogen-bond acceptors (Lipinski definition) is 4. The van der Waals surface area contributed by atoms with Crippen molar-refractivity contribution in [2.45, 2.75) is 64.6 Å². The molecule has 40 heavy (non-hydrogen) atoms. The molecule has 208 valence electrons. The molecule has 0 amide bonds. The van der Waals surface area contributed by atoms with Crippen molar-refractivity contribution in [2.24, 2.45) is 0 Å². The Morgan fingerprint density at radius 2 is 1.77 bits per heavy atom. The van der Waals surface area contributed by atoms with Gasteiger partial charge in [0.15, 0.2) is 0 Å². The molecular formula is C34H40ClN5. The van der Waals surface area contributed by atoms with Crippen LogP contribution in [0, 0.1) is 0 Å². The maximum Gasteiger partial charge on any atom is 0.139 e. The lowest BCUT2D eigenvalue weighted by atomic mass is 9.93. The number of hydrogen-bond donors (Lipinski definition) is 2. The molecule has 2 aliphatic rings. The van der Waals surface area contributed by atoms with Crippen molar-refractivity contribution in [3.63, 3.8) is 0 Å². The molecule has 0 saturated carbocycles. The fraction of sp³-hybridized carbons (Fsp3) is 0.382. The third-order valence-corrected chi connectivity index (χ3v) is 9.26. The Balaban J connectivity index is 1.15. The second-order valence-corrected chi connectivity index (χ2v) is 11.6. The molecule has 1 aromatic heterocycles. The average Bonchev–Trinajstić information content (AvgIpc) is 3.50. The van der Waals surface area contributed by atoms with E-state index in [2.05, 4.69) is 81.4 Å². The predicted octanol–water partition coefficient (Wildman–Crippen LogP) is 8.15. The number of piperidine rings is 1. The van der Waals surface area contributed by atoms with Gasteiger partial charge in [0.25, 0.3) is 0 Å². The first-order valence-electron chi connectivity index (χ1n) is 14.9. The van der Waals surface area contributed by atoms with E-state index in [4.69, 9.17) is 11.6 Å². The van der Waals surface area contributed by atoms with Crippen molar-refractivity contribution in [1.29, 1.82) is 0 Å². The normalized spacial score (nSPS) is 16.8. The topological polar surface area (TPSA) is 47.2 Å². The summed E-state index contributed by atoms with van der Waals surface area (Å²) in [6, 6.07) is 24.5. The van der Waals surface area contributed by atoms with Gasteiger partial charge in [-0.1, -0.05) is 67.9 Å². The molecule has 0 bridgehead atoms. The van der Waals surface area contributed by atoms with Gasteiger partial charge in [0.05, 0.1) is 16.9 Å². The molecule has 3 heterocycles. The molecule has 2 aliphatic heterocycles. The van der Waals surface area contributed by atoms with Crippen LogP contribution in [0.3, 0.4) is 0 Å². The Labute approximate surface area is 243 Å². The number of anilines is 2. The highest BCUT2D eigenvalue weighted by Crippen LogP contribution is 2.34. The van der Waals surface area contributed by atoms with Crippen LogP contribution in [0.4, 0.5) is 11.4 Å². The Morgan fingerprint density at radius 1 is 0.975 bits per heavy atom. The zero-order chi connectivity index (χ0) is 27.5. The highest BCUT2D eigenvalue weighted by atomic mass is 35.5. The summed E-state index contributed by atoms with van der Waals surface area (Å²) in [6.45, 7) is 9.31. The number of nitrogens with zero attached hydrogens (tertiary/aromatic N) is 3. The number of rotatable bonds is 8. The lowest BCUT2D eigenvalue weighted by Crippen LogP contribution is -2.49. The number of imidazole rings is 1. The van der Waals surface area contributed by atoms with E-state index in [0.717, 1.165) is 53.9 Å². The number of aromatic nitrogens is 2. The first kappa shape index (κ1) is 27.1. The van der Waals surface area contributed by atoms with Crippen LogP contribution in [0.1, 0.15) is 50.7 Å². The van der Waals surface area contributed by atoms with Gasteiger partial charge in [-0.15, -0.1) is 0 Å². The first-order chi connectivity index (χ1) is 19.6. The molecule has 1 fully saturated rings. The van der Waals surface area contributed by atoms with Gasteiger partial charge in [0.2, 0.25) is 0 Å². The number of likely N-dealkylation sites (tertiary alicyclic amines) is 1. The quantitative estimate of drug-likeness (QED) is 0.231. The Bertz CT molecular complexity index is 1420. The van der Waals surface area contributed by atoms with Crippen LogP contribution in [0.2, 0.25) is 5.02 Å². The number of aromatic amines is 1. The van der Waals surface area contributed by atoms with Gasteiger partial charge in [0, 0.05) is 42.1 Å². The number of H-pyrrole nitrogens is 1. The van der Waals surface area contributed by atoms with Crippen molar-refractivity contribution < 1.29 is 0 Å². The van der Waals surface area contributed by atoms with Crippen LogP contribution in [0.15, 0.2) is 72.9 Å². The zero-order valence-corrected chi connectivity index (χ0v) is 24.4. The summed E-state index contributed by atoms with van der Waals surface area (Å²) in [6.07, 6.45) is 8.05. The Hall–Kier alpha value is -3.12. The number of halogens is 1. The zero-order valence-electron chi connectivity index (χ0n) is 23.7. The van der Waals surface area contributed by atoms with Crippen molar-refractivity contribution in [3.05, 3.63) is 89.1 Å². The number of nitrogens with one attached hydrogen (secondary N) is 2. The van der Waals surface area contributed by atoms with E-state index < -0.39 is 0 Å². The lowest BCUT2D eigenvalue weighted by molar-refractivity contribution is 0.0733. The van der Waals surface area contributed by atoms with Gasteiger partial charge in [-0.25, -0.2) is 4.98 Å². The Kier molecular flexibility index (Phi) is 8.24. The molecular weight excluding hydrogens is 514 g/mol. The van der Waals surface area contributed by atoms with Crippen LogP contribution in [-0.2, 0) is 13.0 Å². The molecule has 3 aromatic carbocycles. The minimum absolute atomic E-state index is 0.681. The Morgan fingerprint density at radius 3 is 2.55 bits per heavy atom. The smallest absolute Gasteiger partial charge is 0.139 e. The minimum atomic E-state index is 0.681. The van der Waals surface area contributed by atoms with E-state index in [1.807, 2.05) is 30.5 Å². The van der Waals surface area contributed by atoms with Gasteiger partial charge in [-0.3, -0.25) is 4.90 Å². The third kappa shape index (κ3) is 5.69. The third-order valence-electron chi connectivity index (χ3n) is 8.93. The summed E-state index contributed by atoms with van der Waals surface area (Å²) in [5.74, 6) is 0.772. The summed E-state index contributed by atoms with van der Waals surface area (Å²) in [4.78, 5) is 13.5. The van der Waals surface area contributed by atoms with Crippen LogP contribution in [-0.4, -0.2) is 51.5 Å². The highest BCUT2D eigenvalue weighted by Gasteiger charge is 2.29. The molecule has 0 spiro atoms. The molecule has 0 atom stereocenters. The highest BCUT2D eigenvalue weighted by molar-refractivity contribution is 6.33. The van der Waals surface area contributed by atoms with E-state index in [0.29, 0.717) is 11.1 Å². The van der Waals surface area contributed by atoms with Crippen molar-refractivity contribution in [3.8, 4) is 22.6 Å². The van der Waals surface area contributed by atoms with Gasteiger partial charge in [-0.05, 0) is 86.1 Å². The molecule has 0 radical (unpaired) electrons. The predicted molar refractivity (Wildman–Crippen MR) is 167 cm³/mol. The summed E-state index contributed by atoms with van der Waals surface area (Å²) in [7, 11) is 0. The molecule has 0 unspecified atom stereocenters. The fourth-order valence-electron chi connectivity index (χ4n) is 6.64. The molecule has 5 nitrogen and oxygen atoms in total. The van der Waals surface area contributed by atoms with Gasteiger partial charge < -0.3 is 15.2 Å². The molecule has 2 N–H and O–H groups in total. The van der Waals surface area contributed by atoms with Crippen molar-refractivity contribution in [1.82, 2.24) is 19.8 Å². The second kappa shape index (κ2) is 12.2. The van der Waals surface area contributed by atoms with E-state index in [9.17, 15) is 0 Å². The summed E-state index contributed by atoms with van der Waals surface area (Å²) in [5, 5.41) is 4.39. The summed E-state index contributed by atoms with van der Waals surface area (Å²) < 4.78 is 0. The maximum absolute atomic E-state index is 6.64. The van der Waals surface area contributed by atoms with Gasteiger partial charge in [0.1, 0.15) is 5.82 Å². The van der Waals surface area contributed by atoms with Crippen LogP contribution in [0.25, 0.3) is 22.6 Å². The molecule has 0 aliphatic carbocycles. The second-order valence-electron chi connectivity index (χ2n) is 11.2. The molecule has 1 saturated heterocycles.